The van der Waals surface area contributed by atoms with Crippen LogP contribution in [0.15, 0.2) is 0 Å². The Morgan fingerprint density at radius 1 is 1.22 bits per heavy atom. The lowest BCUT2D eigenvalue weighted by atomic mass is 9.74. The third-order valence-corrected chi connectivity index (χ3v) is 4.47. The lowest BCUT2D eigenvalue weighted by Crippen LogP contribution is -2.57. The highest BCUT2D eigenvalue weighted by Gasteiger charge is 2.44. The molecule has 0 fully saturated rings. The van der Waals surface area contributed by atoms with E-state index in [2.05, 4.69) is 12.2 Å². The van der Waals surface area contributed by atoms with Crippen LogP contribution in [0.3, 0.4) is 0 Å². The van der Waals surface area contributed by atoms with E-state index < -0.39 is 16.9 Å². The summed E-state index contributed by atoms with van der Waals surface area (Å²) in [7, 11) is 0. The predicted octanol–water partition coefficient (Wildman–Crippen LogP) is 2.53. The maximum atomic E-state index is 11.8. The fraction of sp³-hybridized carbons (Fsp3) is 0.846. The van der Waals surface area contributed by atoms with E-state index >= 15 is 0 Å². The van der Waals surface area contributed by atoms with Crippen molar-refractivity contribution in [2.75, 3.05) is 11.5 Å². The van der Waals surface area contributed by atoms with Gasteiger partial charge in [-0.15, -0.1) is 0 Å². The second kappa shape index (κ2) is 7.02. The first kappa shape index (κ1) is 17.3. The smallest absolute Gasteiger partial charge is 0.311 e. The normalized spacial score (nSPS) is 12.3. The van der Waals surface area contributed by atoms with Crippen LogP contribution < -0.4 is 5.32 Å². The van der Waals surface area contributed by atoms with Gasteiger partial charge in [0.2, 0.25) is 5.91 Å². The molecule has 0 aliphatic heterocycles. The van der Waals surface area contributed by atoms with Crippen LogP contribution >= 0.6 is 11.8 Å². The van der Waals surface area contributed by atoms with Crippen LogP contribution in [0, 0.1) is 5.41 Å². The average Bonchev–Trinajstić information content (AvgIpc) is 2.23. The molecule has 0 saturated heterocycles. The number of carboxylic acids is 1. The molecular weight excluding hydrogens is 250 g/mol. The van der Waals surface area contributed by atoms with Gasteiger partial charge in [0.15, 0.2) is 0 Å². The summed E-state index contributed by atoms with van der Waals surface area (Å²) < 4.78 is 0. The van der Waals surface area contributed by atoms with Crippen molar-refractivity contribution < 1.29 is 14.7 Å². The summed E-state index contributed by atoms with van der Waals surface area (Å²) in [4.78, 5) is 23.0. The Balaban J connectivity index is 4.32. The Kier molecular flexibility index (Phi) is 6.74. The molecule has 0 bridgehead atoms. The summed E-state index contributed by atoms with van der Waals surface area (Å²) >= 11 is 1.59. The minimum absolute atomic E-state index is 0.101. The van der Waals surface area contributed by atoms with Crippen molar-refractivity contribution >= 4 is 23.6 Å². The summed E-state index contributed by atoms with van der Waals surface area (Å²) in [5, 5.41) is 12.0. The van der Waals surface area contributed by atoms with Gasteiger partial charge in [-0.25, -0.2) is 0 Å². The van der Waals surface area contributed by atoms with Crippen molar-refractivity contribution in [3.63, 3.8) is 0 Å². The summed E-state index contributed by atoms with van der Waals surface area (Å²) in [5.74, 6) is 0.341. The molecule has 4 nitrogen and oxygen atoms in total. The van der Waals surface area contributed by atoms with E-state index in [0.29, 0.717) is 5.75 Å². The van der Waals surface area contributed by atoms with Crippen molar-refractivity contribution in [2.24, 2.45) is 5.41 Å². The molecule has 0 aromatic heterocycles. The van der Waals surface area contributed by atoms with E-state index in [1.807, 2.05) is 0 Å². The standard InChI is InChI=1S/C13H25NO3S/c1-6-7-8-18-9-10(15)14-13(4,5)12(2,3)11(16)17/h6-9H2,1-5H3,(H,14,15)(H,16,17). The number of unbranched alkanes of at least 4 members (excludes halogenated alkanes) is 1. The zero-order valence-electron chi connectivity index (χ0n) is 12.0. The van der Waals surface area contributed by atoms with Crippen molar-refractivity contribution in [1.29, 1.82) is 0 Å². The van der Waals surface area contributed by atoms with Gasteiger partial charge in [-0.1, -0.05) is 13.3 Å². The molecule has 0 aliphatic carbocycles. The van der Waals surface area contributed by atoms with Crippen LogP contribution in [0.2, 0.25) is 0 Å². The van der Waals surface area contributed by atoms with E-state index in [0.717, 1.165) is 18.6 Å². The molecular formula is C13H25NO3S. The van der Waals surface area contributed by atoms with Crippen LogP contribution in [-0.2, 0) is 9.59 Å². The number of aliphatic carboxylic acids is 1. The van der Waals surface area contributed by atoms with Crippen molar-refractivity contribution in [3.05, 3.63) is 0 Å². The molecule has 0 atom stereocenters. The number of amides is 1. The quantitative estimate of drug-likeness (QED) is 0.668. The number of carboxylic acid groups (broad SMARTS) is 1. The summed E-state index contributed by atoms with van der Waals surface area (Å²) in [5.41, 5.74) is -1.78. The van der Waals surface area contributed by atoms with Crippen LogP contribution in [-0.4, -0.2) is 34.0 Å². The molecule has 106 valence electrons. The number of rotatable bonds is 8. The van der Waals surface area contributed by atoms with Gasteiger partial charge in [-0.2, -0.15) is 11.8 Å². The number of hydrogen-bond donors (Lipinski definition) is 2. The molecule has 0 rings (SSSR count). The van der Waals surface area contributed by atoms with Gasteiger partial charge in [0.25, 0.3) is 0 Å². The Morgan fingerprint density at radius 2 is 1.78 bits per heavy atom. The Labute approximate surface area is 114 Å². The van der Waals surface area contributed by atoms with Gasteiger partial charge in [0.05, 0.1) is 11.2 Å². The molecule has 2 N–H and O–H groups in total. The molecule has 0 aromatic rings. The average molecular weight is 275 g/mol. The molecule has 0 spiro atoms. The van der Waals surface area contributed by atoms with E-state index in [4.69, 9.17) is 0 Å². The fourth-order valence-corrected chi connectivity index (χ4v) is 2.11. The van der Waals surface area contributed by atoms with Gasteiger partial charge >= 0.3 is 5.97 Å². The Morgan fingerprint density at radius 3 is 2.22 bits per heavy atom. The minimum Gasteiger partial charge on any atom is -0.481 e. The van der Waals surface area contributed by atoms with Crippen molar-refractivity contribution in [2.45, 2.75) is 53.0 Å². The summed E-state index contributed by atoms with van der Waals surface area (Å²) in [6.45, 7) is 8.85. The number of thioether (sulfide) groups is 1. The molecule has 0 aliphatic rings. The lowest BCUT2D eigenvalue weighted by molar-refractivity contribution is -0.151. The second-order valence-corrected chi connectivity index (χ2v) is 6.61. The first-order chi connectivity index (χ1) is 8.15. The van der Waals surface area contributed by atoms with Gasteiger partial charge in [0.1, 0.15) is 0 Å². The zero-order valence-corrected chi connectivity index (χ0v) is 12.8. The van der Waals surface area contributed by atoms with E-state index in [1.165, 1.54) is 0 Å². The molecule has 0 heterocycles. The van der Waals surface area contributed by atoms with Gasteiger partial charge in [-0.3, -0.25) is 9.59 Å². The first-order valence-electron chi connectivity index (χ1n) is 6.27. The van der Waals surface area contributed by atoms with E-state index in [-0.39, 0.29) is 5.91 Å². The van der Waals surface area contributed by atoms with Crippen LogP contribution in [0.1, 0.15) is 47.5 Å². The first-order valence-corrected chi connectivity index (χ1v) is 7.42. The Bertz CT molecular complexity index is 301. The minimum atomic E-state index is -1.00. The molecule has 0 aromatic carbocycles. The van der Waals surface area contributed by atoms with Gasteiger partial charge < -0.3 is 10.4 Å². The largest absolute Gasteiger partial charge is 0.481 e. The van der Waals surface area contributed by atoms with Crippen molar-refractivity contribution in [1.82, 2.24) is 5.32 Å². The van der Waals surface area contributed by atoms with Crippen molar-refractivity contribution in [3.8, 4) is 0 Å². The third-order valence-electron chi connectivity index (χ3n) is 3.42. The van der Waals surface area contributed by atoms with Crippen LogP contribution in [0.5, 0.6) is 0 Å². The van der Waals surface area contributed by atoms with E-state index in [1.54, 1.807) is 39.5 Å². The molecule has 5 heteroatoms. The van der Waals surface area contributed by atoms with Crippen LogP contribution in [0.25, 0.3) is 0 Å². The third kappa shape index (κ3) is 4.88. The van der Waals surface area contributed by atoms with Gasteiger partial charge in [0, 0.05) is 5.54 Å². The highest BCUT2D eigenvalue weighted by atomic mass is 32.2. The zero-order chi connectivity index (χ0) is 14.4. The molecule has 1 amide bonds. The van der Waals surface area contributed by atoms with E-state index in [9.17, 15) is 14.7 Å². The molecule has 18 heavy (non-hydrogen) atoms. The number of nitrogens with one attached hydrogen (secondary N) is 1. The lowest BCUT2D eigenvalue weighted by Gasteiger charge is -2.38. The molecule has 0 saturated carbocycles. The fourth-order valence-electron chi connectivity index (χ4n) is 1.22. The number of carbonyl (C=O) groups is 2. The summed E-state index contributed by atoms with van der Waals surface area (Å²) in [6.07, 6.45) is 2.22. The maximum Gasteiger partial charge on any atom is 0.311 e. The SMILES string of the molecule is CCCCSCC(=O)NC(C)(C)C(C)(C)C(=O)O. The highest BCUT2D eigenvalue weighted by Crippen LogP contribution is 2.30. The number of carbonyl (C=O) groups excluding carboxylic acids is 1. The molecule has 0 unspecified atom stereocenters. The topological polar surface area (TPSA) is 66.4 Å². The monoisotopic (exact) mass is 275 g/mol. The summed E-state index contributed by atoms with van der Waals surface area (Å²) in [6, 6.07) is 0. The number of hydrogen-bond acceptors (Lipinski definition) is 3. The van der Waals surface area contributed by atoms with Gasteiger partial charge in [-0.05, 0) is 39.9 Å². The molecule has 0 radical (unpaired) electrons. The second-order valence-electron chi connectivity index (χ2n) is 5.51. The maximum absolute atomic E-state index is 11.8. The van der Waals surface area contributed by atoms with Crippen LogP contribution in [0.4, 0.5) is 0 Å². The highest BCUT2D eigenvalue weighted by molar-refractivity contribution is 7.99. The predicted molar refractivity (Wildman–Crippen MR) is 75.9 cm³/mol. The Hall–Kier alpha value is -0.710.